The second-order valence-corrected chi connectivity index (χ2v) is 6.82. The smallest absolute Gasteiger partial charge is 0.296 e. The molecular weight excluding hydrogens is 350 g/mol. The summed E-state index contributed by atoms with van der Waals surface area (Å²) in [5.74, 6) is -0.479. The number of aliphatic hydroxyl groups is 1. The summed E-state index contributed by atoms with van der Waals surface area (Å²) < 4.78 is 31.3. The van der Waals surface area contributed by atoms with Crippen molar-refractivity contribution in [3.8, 4) is 6.07 Å². The van der Waals surface area contributed by atoms with Crippen molar-refractivity contribution in [2.24, 2.45) is 10.2 Å². The summed E-state index contributed by atoms with van der Waals surface area (Å²) >= 11 is 0. The highest BCUT2D eigenvalue weighted by Gasteiger charge is 2.47. The zero-order valence-electron chi connectivity index (χ0n) is 13.3. The van der Waals surface area contributed by atoms with E-state index in [0.717, 1.165) is 17.0 Å². The maximum atomic E-state index is 11.7. The van der Waals surface area contributed by atoms with Gasteiger partial charge in [-0.15, -0.1) is 0 Å². The minimum absolute atomic E-state index is 0.0964. The Bertz CT molecular complexity index is 933. The summed E-state index contributed by atoms with van der Waals surface area (Å²) in [4.78, 5) is 12.1. The predicted molar refractivity (Wildman–Crippen MR) is 86.1 cm³/mol. The zero-order valence-corrected chi connectivity index (χ0v) is 14.1. The molecule has 2 unspecified atom stereocenters. The van der Waals surface area contributed by atoms with E-state index in [9.17, 15) is 23.6 Å². The summed E-state index contributed by atoms with van der Waals surface area (Å²) in [6.07, 6.45) is -0.377. The lowest BCUT2D eigenvalue weighted by Crippen LogP contribution is -2.55. The summed E-state index contributed by atoms with van der Waals surface area (Å²) in [6.45, 7) is 1.46. The largest absolute Gasteiger partial charge is 0.398 e. The highest BCUT2D eigenvalue weighted by atomic mass is 32.2. The van der Waals surface area contributed by atoms with Crippen LogP contribution in [0.15, 0.2) is 45.0 Å². The summed E-state index contributed by atoms with van der Waals surface area (Å²) in [6, 6.07) is 5.24. The van der Waals surface area contributed by atoms with E-state index in [0.29, 0.717) is 0 Å². The van der Waals surface area contributed by atoms with E-state index in [1.54, 1.807) is 0 Å². The molecule has 0 bridgehead atoms. The van der Waals surface area contributed by atoms with Gasteiger partial charge in [0, 0.05) is 13.1 Å². The van der Waals surface area contributed by atoms with Crippen LogP contribution in [0, 0.1) is 11.3 Å². The molecule has 2 rings (SSSR count). The molecule has 1 aliphatic rings. The number of likely N-dealkylation sites (N-methyl/N-ethyl adjacent to an activating group) is 1. The number of rotatable bonds is 3. The Hall–Kier alpha value is -2.81. The summed E-state index contributed by atoms with van der Waals surface area (Å²) in [5.41, 5.74) is 3.80. The third-order valence-corrected chi connectivity index (χ3v) is 4.72. The number of carbonyl (C=O) groups excluding carboxylic acids is 1. The van der Waals surface area contributed by atoms with Gasteiger partial charge in [-0.05, 0) is 30.7 Å². The number of anilines is 1. The molecule has 1 heterocycles. The zero-order chi connectivity index (χ0) is 19.0. The Morgan fingerprint density at radius 3 is 2.60 bits per heavy atom. The normalized spacial score (nSPS) is 24.3. The molecule has 0 aliphatic carbocycles. The molecule has 0 radical (unpaired) electrons. The van der Waals surface area contributed by atoms with Crippen molar-refractivity contribution in [2.45, 2.75) is 23.6 Å². The van der Waals surface area contributed by atoms with Gasteiger partial charge in [-0.2, -0.15) is 23.9 Å². The van der Waals surface area contributed by atoms with Crippen LogP contribution < -0.4 is 5.73 Å². The maximum Gasteiger partial charge on any atom is 0.296 e. The second-order valence-electron chi connectivity index (χ2n) is 5.43. The van der Waals surface area contributed by atoms with Crippen LogP contribution in [0.2, 0.25) is 0 Å². The summed E-state index contributed by atoms with van der Waals surface area (Å²) in [5, 5.41) is 27.4. The van der Waals surface area contributed by atoms with Gasteiger partial charge in [-0.1, -0.05) is 0 Å². The molecule has 25 heavy (non-hydrogen) atoms. The molecule has 2 atom stereocenters. The number of carbonyl (C=O) groups is 1. The average Bonchev–Trinajstić information content (AvgIpc) is 2.52. The number of nitrogen functional groups attached to an aromatic ring is 1. The van der Waals surface area contributed by atoms with Crippen molar-refractivity contribution in [2.75, 3.05) is 12.8 Å². The lowest BCUT2D eigenvalue weighted by molar-refractivity contribution is -0.137. The van der Waals surface area contributed by atoms with Crippen molar-refractivity contribution >= 4 is 27.4 Å². The van der Waals surface area contributed by atoms with Gasteiger partial charge in [0.15, 0.2) is 6.23 Å². The molecular formula is C14H15N5O5S. The van der Waals surface area contributed by atoms with E-state index in [2.05, 4.69) is 10.2 Å². The predicted octanol–water partition coefficient (Wildman–Crippen LogP) is 0.598. The fraction of sp³-hybridized carbons (Fsp3) is 0.286. The molecule has 10 nitrogen and oxygen atoms in total. The molecule has 0 saturated carbocycles. The third-order valence-electron chi connectivity index (χ3n) is 3.79. The monoisotopic (exact) mass is 365 g/mol. The molecule has 1 amide bonds. The minimum Gasteiger partial charge on any atom is -0.398 e. The van der Waals surface area contributed by atoms with Crippen LogP contribution in [0.4, 0.5) is 11.4 Å². The Kier molecular flexibility index (Phi) is 4.63. The fourth-order valence-electron chi connectivity index (χ4n) is 2.27. The highest BCUT2D eigenvalue weighted by Crippen LogP contribution is 2.33. The number of nitrogens with two attached hydrogens (primary N) is 1. The second kappa shape index (κ2) is 6.25. The Morgan fingerprint density at radius 2 is 2.08 bits per heavy atom. The van der Waals surface area contributed by atoms with Gasteiger partial charge >= 0.3 is 0 Å². The first-order valence-corrected chi connectivity index (χ1v) is 8.31. The number of aliphatic hydroxyl groups excluding tert-OH is 1. The molecule has 1 aliphatic heterocycles. The third kappa shape index (κ3) is 3.22. The van der Waals surface area contributed by atoms with Gasteiger partial charge in [0.1, 0.15) is 11.0 Å². The molecule has 0 fully saturated rings. The van der Waals surface area contributed by atoms with Gasteiger partial charge in [0.25, 0.3) is 10.1 Å². The SMILES string of the molecule is CC1=CC(=O)N(C)C(O)C1(C#N)N=Nc1ccc(S(=O)(=O)O)c(N)c1. The van der Waals surface area contributed by atoms with Gasteiger partial charge in [-0.25, -0.2) is 0 Å². The van der Waals surface area contributed by atoms with E-state index in [1.165, 1.54) is 26.1 Å². The van der Waals surface area contributed by atoms with E-state index in [1.807, 2.05) is 6.07 Å². The van der Waals surface area contributed by atoms with Crippen molar-refractivity contribution in [1.82, 2.24) is 4.90 Å². The van der Waals surface area contributed by atoms with E-state index in [-0.39, 0.29) is 16.9 Å². The van der Waals surface area contributed by atoms with E-state index in [4.69, 9.17) is 10.3 Å². The Balaban J connectivity index is 2.47. The first kappa shape index (κ1) is 18.5. The number of amides is 1. The van der Waals surface area contributed by atoms with Crippen LogP contribution in [-0.4, -0.2) is 47.7 Å². The van der Waals surface area contributed by atoms with E-state index < -0.39 is 32.7 Å². The van der Waals surface area contributed by atoms with Crippen LogP contribution >= 0.6 is 0 Å². The van der Waals surface area contributed by atoms with Crippen LogP contribution in [0.25, 0.3) is 0 Å². The average molecular weight is 365 g/mol. The first-order valence-electron chi connectivity index (χ1n) is 6.87. The summed E-state index contributed by atoms with van der Waals surface area (Å²) in [7, 11) is -3.16. The van der Waals surface area contributed by atoms with Crippen molar-refractivity contribution in [1.29, 1.82) is 5.26 Å². The topological polar surface area (TPSA) is 169 Å². The highest BCUT2D eigenvalue weighted by molar-refractivity contribution is 7.86. The van der Waals surface area contributed by atoms with Crippen molar-refractivity contribution < 1.29 is 22.9 Å². The quantitative estimate of drug-likeness (QED) is 0.400. The van der Waals surface area contributed by atoms with Crippen LogP contribution in [0.3, 0.4) is 0 Å². The van der Waals surface area contributed by atoms with E-state index >= 15 is 0 Å². The van der Waals surface area contributed by atoms with Gasteiger partial charge in [-0.3, -0.25) is 9.35 Å². The van der Waals surface area contributed by atoms with Gasteiger partial charge in [0.2, 0.25) is 11.4 Å². The number of nitriles is 1. The van der Waals surface area contributed by atoms with Crippen LogP contribution in [0.1, 0.15) is 6.92 Å². The number of benzene rings is 1. The van der Waals surface area contributed by atoms with Crippen molar-refractivity contribution in [3.05, 3.63) is 29.8 Å². The molecule has 1 aromatic carbocycles. The van der Waals surface area contributed by atoms with Crippen LogP contribution in [0.5, 0.6) is 0 Å². The first-order chi connectivity index (χ1) is 11.5. The molecule has 0 aromatic heterocycles. The Morgan fingerprint density at radius 1 is 1.44 bits per heavy atom. The van der Waals surface area contributed by atoms with Crippen LogP contribution in [-0.2, 0) is 14.9 Å². The Labute approximate surface area is 143 Å². The lowest BCUT2D eigenvalue weighted by atomic mass is 9.87. The molecule has 4 N–H and O–H groups in total. The number of hydrogen-bond acceptors (Lipinski definition) is 8. The molecule has 0 saturated heterocycles. The molecule has 1 aromatic rings. The molecule has 11 heteroatoms. The van der Waals surface area contributed by atoms with Gasteiger partial charge < -0.3 is 15.7 Å². The standard InChI is InChI=1S/C14H15N5O5S/c1-8-5-12(20)19(2)13(21)14(8,7-15)18-17-9-3-4-11(10(16)6-9)25(22,23)24/h3-6,13,21H,16H2,1-2H3,(H,22,23,24). The number of hydrogen-bond donors (Lipinski definition) is 3. The van der Waals surface area contributed by atoms with Gasteiger partial charge in [0.05, 0.1) is 11.4 Å². The fourth-order valence-corrected chi connectivity index (χ4v) is 2.87. The minimum atomic E-state index is -4.48. The molecule has 0 spiro atoms. The lowest BCUT2D eigenvalue weighted by Gasteiger charge is -2.36. The maximum absolute atomic E-state index is 11.7. The van der Waals surface area contributed by atoms with Crippen molar-refractivity contribution in [3.63, 3.8) is 0 Å². The number of azo groups is 1. The number of nitrogens with zero attached hydrogens (tertiary/aromatic N) is 4. The molecule has 132 valence electrons.